The summed E-state index contributed by atoms with van der Waals surface area (Å²) >= 11 is 1.17. The van der Waals surface area contributed by atoms with Crippen molar-refractivity contribution in [2.24, 2.45) is 4.99 Å². The number of aromatic nitrogens is 2. The molecule has 1 aliphatic heterocycles. The number of hydrogen-bond acceptors (Lipinski definition) is 8. The third-order valence-corrected chi connectivity index (χ3v) is 9.58. The second-order valence-electron chi connectivity index (χ2n) is 9.16. The van der Waals surface area contributed by atoms with E-state index in [-0.39, 0.29) is 22.0 Å². The zero-order chi connectivity index (χ0) is 26.3. The Morgan fingerprint density at radius 2 is 1.81 bits per heavy atom. The minimum absolute atomic E-state index is 0.00513. The molecule has 0 bridgehead atoms. The van der Waals surface area contributed by atoms with Crippen molar-refractivity contribution in [1.82, 2.24) is 14.5 Å². The number of aryl methyl sites for hydroxylation is 2. The third-order valence-electron chi connectivity index (χ3n) is 6.32. The Balaban J connectivity index is 1.37. The maximum Gasteiger partial charge on any atom is 0.265 e. The highest BCUT2D eigenvalue weighted by Gasteiger charge is 2.21. The van der Waals surface area contributed by atoms with Gasteiger partial charge in [0.1, 0.15) is 21.6 Å². The lowest BCUT2D eigenvalue weighted by atomic mass is 10.1. The number of thiophene rings is 1. The molecule has 2 aromatic carbocycles. The summed E-state index contributed by atoms with van der Waals surface area (Å²) in [6.45, 7) is 5.23. The molecule has 4 aromatic rings. The lowest BCUT2D eigenvalue weighted by molar-refractivity contribution is -0.116. The molecule has 190 valence electrons. The molecule has 0 fully saturated rings. The molecule has 3 heterocycles. The highest BCUT2D eigenvalue weighted by Crippen LogP contribution is 2.22. The number of benzene rings is 2. The number of aliphatic imine (C=N–C) groups is 1. The molecular weight excluding hydrogens is 508 g/mol. The largest absolute Gasteiger partial charge is 0.358 e. The van der Waals surface area contributed by atoms with Crippen molar-refractivity contribution in [2.45, 2.75) is 24.5 Å². The van der Waals surface area contributed by atoms with E-state index in [1.54, 1.807) is 43.3 Å². The standard InChI is InChI=1S/C27H26N4O4S2/c1-17-4-11-25(36-17)37(34,35)16-22(32)14-19-5-8-21(9-6-19)31-18(2)29-24-15-20(7-10-23(24)27(31)33)26-28-12-13-30(26)3/h4-11,15H,12-14,16H2,1-3H3. The van der Waals surface area contributed by atoms with Crippen LogP contribution in [0.3, 0.4) is 0 Å². The monoisotopic (exact) mass is 534 g/mol. The second kappa shape index (κ2) is 9.68. The average Bonchev–Trinajstić information content (AvgIpc) is 3.48. The summed E-state index contributed by atoms with van der Waals surface area (Å²) in [7, 11) is -1.65. The van der Waals surface area contributed by atoms with Crippen molar-refractivity contribution >= 4 is 43.7 Å². The molecule has 8 nitrogen and oxygen atoms in total. The Labute approximate surface area is 218 Å². The lowest BCUT2D eigenvalue weighted by Crippen LogP contribution is -2.24. The molecule has 0 spiro atoms. The van der Waals surface area contributed by atoms with Crippen molar-refractivity contribution in [1.29, 1.82) is 0 Å². The predicted molar refractivity (Wildman–Crippen MR) is 146 cm³/mol. The first-order valence-electron chi connectivity index (χ1n) is 11.8. The normalized spacial score (nSPS) is 13.8. The smallest absolute Gasteiger partial charge is 0.265 e. The van der Waals surface area contributed by atoms with E-state index in [9.17, 15) is 18.0 Å². The maximum absolute atomic E-state index is 13.4. The number of fused-ring (bicyclic) bond motifs is 1. The number of carbonyl (C=O) groups excluding carboxylic acids is 1. The first-order valence-corrected chi connectivity index (χ1v) is 14.3. The summed E-state index contributed by atoms with van der Waals surface area (Å²) < 4.78 is 26.8. The Bertz CT molecular complexity index is 1720. The van der Waals surface area contributed by atoms with E-state index in [4.69, 9.17) is 0 Å². The van der Waals surface area contributed by atoms with E-state index < -0.39 is 15.6 Å². The number of amidine groups is 1. The number of likely N-dealkylation sites (N-methyl/N-ethyl adjacent to an activating group) is 1. The molecule has 0 amide bonds. The summed E-state index contributed by atoms with van der Waals surface area (Å²) in [5, 5.41) is 0.504. The minimum Gasteiger partial charge on any atom is -0.358 e. The van der Waals surface area contributed by atoms with Gasteiger partial charge in [-0.1, -0.05) is 18.2 Å². The molecule has 0 radical (unpaired) electrons. The van der Waals surface area contributed by atoms with Crippen LogP contribution in [0.15, 0.2) is 68.6 Å². The van der Waals surface area contributed by atoms with Crippen LogP contribution < -0.4 is 5.56 Å². The first-order chi connectivity index (χ1) is 17.6. The van der Waals surface area contributed by atoms with Crippen LogP contribution in [0.5, 0.6) is 0 Å². The van der Waals surface area contributed by atoms with Gasteiger partial charge in [0, 0.05) is 30.5 Å². The van der Waals surface area contributed by atoms with E-state index in [1.807, 2.05) is 26.1 Å². The van der Waals surface area contributed by atoms with Gasteiger partial charge in [0.25, 0.3) is 5.56 Å². The fourth-order valence-electron chi connectivity index (χ4n) is 4.49. The van der Waals surface area contributed by atoms with E-state index in [0.29, 0.717) is 28.0 Å². The van der Waals surface area contributed by atoms with E-state index in [0.717, 1.165) is 29.4 Å². The van der Waals surface area contributed by atoms with E-state index >= 15 is 0 Å². The number of ketones is 1. The molecule has 1 aliphatic rings. The number of hydrogen-bond donors (Lipinski definition) is 0. The number of carbonyl (C=O) groups is 1. The van der Waals surface area contributed by atoms with Crippen LogP contribution in [0.4, 0.5) is 0 Å². The Morgan fingerprint density at radius 1 is 1.05 bits per heavy atom. The topological polar surface area (TPSA) is 102 Å². The van der Waals surface area contributed by atoms with Crippen LogP contribution in [-0.4, -0.2) is 60.4 Å². The second-order valence-corrected chi connectivity index (χ2v) is 12.7. The molecule has 37 heavy (non-hydrogen) atoms. The molecule has 0 unspecified atom stereocenters. The Kier molecular flexibility index (Phi) is 6.55. The summed E-state index contributed by atoms with van der Waals surface area (Å²) in [6.07, 6.45) is -0.00513. The van der Waals surface area contributed by atoms with Crippen molar-refractivity contribution in [2.75, 3.05) is 25.9 Å². The van der Waals surface area contributed by atoms with Gasteiger partial charge in [-0.3, -0.25) is 19.1 Å². The number of sulfone groups is 1. The van der Waals surface area contributed by atoms with Crippen LogP contribution in [0.25, 0.3) is 16.6 Å². The fraction of sp³-hybridized carbons (Fsp3) is 0.259. The molecule has 5 rings (SSSR count). The van der Waals surface area contributed by atoms with Gasteiger partial charge >= 0.3 is 0 Å². The molecule has 2 aromatic heterocycles. The maximum atomic E-state index is 13.4. The first kappa shape index (κ1) is 25.0. The van der Waals surface area contributed by atoms with Gasteiger partial charge in [0.05, 0.1) is 23.1 Å². The SMILES string of the molecule is Cc1ccc(S(=O)(=O)CC(=O)Cc2ccc(-n3c(C)nc4cc(C5=NCCN5C)ccc4c3=O)cc2)s1. The van der Waals surface area contributed by atoms with Gasteiger partial charge in [-0.05, 0) is 55.8 Å². The molecule has 0 N–H and O–H groups in total. The van der Waals surface area contributed by atoms with E-state index in [2.05, 4.69) is 14.9 Å². The summed E-state index contributed by atoms with van der Waals surface area (Å²) in [5.41, 5.74) is 2.66. The average molecular weight is 535 g/mol. The van der Waals surface area contributed by atoms with Gasteiger partial charge in [-0.25, -0.2) is 13.4 Å². The minimum atomic E-state index is -3.65. The number of rotatable bonds is 7. The fourth-order valence-corrected chi connectivity index (χ4v) is 7.10. The summed E-state index contributed by atoms with van der Waals surface area (Å²) in [6, 6.07) is 15.8. The molecule has 10 heteroatoms. The van der Waals surface area contributed by atoms with Gasteiger partial charge in [0.15, 0.2) is 15.6 Å². The van der Waals surface area contributed by atoms with Crippen LogP contribution in [0, 0.1) is 13.8 Å². The van der Waals surface area contributed by atoms with Crippen LogP contribution in [0.1, 0.15) is 21.8 Å². The summed E-state index contributed by atoms with van der Waals surface area (Å²) in [5.74, 6) is 0.519. The molecule has 0 atom stereocenters. The zero-order valence-corrected chi connectivity index (χ0v) is 22.4. The van der Waals surface area contributed by atoms with Crippen LogP contribution in [-0.2, 0) is 21.1 Å². The number of Topliss-reactive ketones (excluding diaryl/α,β-unsaturated/α-hetero) is 1. The van der Waals surface area contributed by atoms with Crippen LogP contribution in [0.2, 0.25) is 0 Å². The van der Waals surface area contributed by atoms with Crippen molar-refractivity contribution < 1.29 is 13.2 Å². The molecule has 0 saturated heterocycles. The Hall–Kier alpha value is -3.63. The quantitative estimate of drug-likeness (QED) is 0.360. The van der Waals surface area contributed by atoms with Gasteiger partial charge in [-0.15, -0.1) is 11.3 Å². The lowest BCUT2D eigenvalue weighted by Gasteiger charge is -2.15. The highest BCUT2D eigenvalue weighted by molar-refractivity contribution is 7.94. The third kappa shape index (κ3) is 4.99. The molecular formula is C27H26N4O4S2. The van der Waals surface area contributed by atoms with Crippen molar-refractivity contribution in [3.63, 3.8) is 0 Å². The van der Waals surface area contributed by atoms with Gasteiger partial charge in [-0.2, -0.15) is 0 Å². The van der Waals surface area contributed by atoms with E-state index in [1.165, 1.54) is 22.0 Å². The molecule has 0 saturated carbocycles. The molecule has 0 aliphatic carbocycles. The highest BCUT2D eigenvalue weighted by atomic mass is 32.2. The number of nitrogens with zero attached hydrogens (tertiary/aromatic N) is 4. The van der Waals surface area contributed by atoms with Crippen LogP contribution >= 0.6 is 11.3 Å². The van der Waals surface area contributed by atoms with Gasteiger partial charge < -0.3 is 4.90 Å². The zero-order valence-electron chi connectivity index (χ0n) is 20.8. The van der Waals surface area contributed by atoms with Crippen molar-refractivity contribution in [3.05, 3.63) is 86.8 Å². The summed E-state index contributed by atoms with van der Waals surface area (Å²) in [4.78, 5) is 38.1. The van der Waals surface area contributed by atoms with Crippen molar-refractivity contribution in [3.8, 4) is 5.69 Å². The Morgan fingerprint density at radius 3 is 2.46 bits per heavy atom. The predicted octanol–water partition coefficient (Wildman–Crippen LogP) is 3.34. The van der Waals surface area contributed by atoms with Gasteiger partial charge in [0.2, 0.25) is 0 Å².